The van der Waals surface area contributed by atoms with Crippen LogP contribution < -0.4 is 5.64 Å². The summed E-state index contributed by atoms with van der Waals surface area (Å²) < 4.78 is 114. The molecule has 0 aromatic heterocycles. The summed E-state index contributed by atoms with van der Waals surface area (Å²) in [6.45, 7) is 0. The highest BCUT2D eigenvalue weighted by atomic mass is 32.2. The molecule has 0 heterocycles. The molecule has 15 heteroatoms. The number of rotatable bonds is 4. The van der Waals surface area contributed by atoms with Gasteiger partial charge in [0.1, 0.15) is 0 Å². The summed E-state index contributed by atoms with van der Waals surface area (Å²) >= 11 is 0. The van der Waals surface area contributed by atoms with Gasteiger partial charge in [0.25, 0.3) is 0 Å². The Balaban J connectivity index is 4.58. The second kappa shape index (κ2) is 4.56. The fourth-order valence-corrected chi connectivity index (χ4v) is 0.677. The van der Waals surface area contributed by atoms with Gasteiger partial charge in [-0.2, -0.15) is 43.2 Å². The minimum Gasteiger partial charge on any atom is -0.188 e. The Kier molecular flexibility index (Phi) is 4.39. The van der Waals surface area contributed by atoms with E-state index in [2.05, 4.69) is 8.57 Å². The summed E-state index contributed by atoms with van der Waals surface area (Å²) in [5, 5.41) is 0. The summed E-state index contributed by atoms with van der Waals surface area (Å²) in [5.74, 6) is 0. The van der Waals surface area contributed by atoms with Gasteiger partial charge < -0.3 is 0 Å². The molecule has 0 radical (unpaired) electrons. The summed E-state index contributed by atoms with van der Waals surface area (Å²) in [7, 11) is -12.7. The maximum absolute atomic E-state index is 11.5. The van der Waals surface area contributed by atoms with Crippen molar-refractivity contribution >= 4 is 20.2 Å². The zero-order valence-corrected chi connectivity index (χ0v) is 8.67. The van der Waals surface area contributed by atoms with Gasteiger partial charge in [-0.3, -0.25) is 0 Å². The van der Waals surface area contributed by atoms with E-state index in [0.717, 1.165) is 0 Å². The lowest BCUT2D eigenvalue weighted by Crippen LogP contribution is -2.36. The van der Waals surface area contributed by atoms with Crippen molar-refractivity contribution in [2.75, 3.05) is 0 Å². The zero-order valence-electron chi connectivity index (χ0n) is 7.03. The lowest BCUT2D eigenvalue weighted by molar-refractivity contribution is -0.0952. The molecule has 0 aliphatic carbocycles. The first-order chi connectivity index (χ1) is 7.21. The van der Waals surface area contributed by atoms with Crippen LogP contribution in [0.3, 0.4) is 0 Å². The van der Waals surface area contributed by atoms with E-state index in [0.29, 0.717) is 0 Å². The second-order valence-electron chi connectivity index (χ2n) is 2.05. The van der Waals surface area contributed by atoms with Crippen LogP contribution in [0.2, 0.25) is 0 Å². The average Bonchev–Trinajstić information content (AvgIpc) is 1.98. The van der Waals surface area contributed by atoms with E-state index in [1.807, 2.05) is 0 Å². The van der Waals surface area contributed by atoms with Crippen LogP contribution in [0.5, 0.6) is 0 Å². The van der Waals surface area contributed by atoms with Crippen LogP contribution in [0.15, 0.2) is 0 Å². The largest absolute Gasteiger partial charge is 0.524 e. The van der Waals surface area contributed by atoms with Crippen LogP contribution in [-0.4, -0.2) is 27.9 Å². The molecule has 7 nitrogen and oxygen atoms in total. The standard InChI is InChI=1S/C2HF6NO6S2/c3-1(4,5)16(10,11)14-9-15-17(12,13)2(6,7)8/h9H. The van der Waals surface area contributed by atoms with E-state index in [1.165, 1.54) is 0 Å². The molecule has 104 valence electrons. The molecule has 0 aromatic carbocycles. The second-order valence-corrected chi connectivity index (χ2v) is 5.13. The molecule has 1 N–H and O–H groups in total. The number of halogens is 6. The number of alkyl halides is 6. The molecule has 0 unspecified atom stereocenters. The van der Waals surface area contributed by atoms with Gasteiger partial charge in [0, 0.05) is 0 Å². The Labute approximate surface area is 89.5 Å². The van der Waals surface area contributed by atoms with E-state index in [4.69, 9.17) is 0 Å². The van der Waals surface area contributed by atoms with E-state index in [1.54, 1.807) is 0 Å². The number of hydrogen-bond acceptors (Lipinski definition) is 7. The lowest BCUT2D eigenvalue weighted by atomic mass is 11.6. The van der Waals surface area contributed by atoms with Gasteiger partial charge in [0.2, 0.25) is 0 Å². The first-order valence-electron chi connectivity index (χ1n) is 2.95. The normalized spacial score (nSPS) is 14.9. The molecule has 0 saturated carbocycles. The third-order valence-electron chi connectivity index (χ3n) is 0.854. The van der Waals surface area contributed by atoms with Gasteiger partial charge in [0.15, 0.2) is 0 Å². The monoisotopic (exact) mass is 313 g/mol. The smallest absolute Gasteiger partial charge is 0.188 e. The van der Waals surface area contributed by atoms with E-state index in [-0.39, 0.29) is 5.64 Å². The third kappa shape index (κ3) is 4.26. The van der Waals surface area contributed by atoms with Crippen LogP contribution in [0.1, 0.15) is 0 Å². The van der Waals surface area contributed by atoms with Crippen molar-refractivity contribution in [2.24, 2.45) is 0 Å². The molecule has 0 fully saturated rings. The van der Waals surface area contributed by atoms with Gasteiger partial charge >= 0.3 is 31.3 Å². The van der Waals surface area contributed by atoms with Crippen molar-refractivity contribution in [3.63, 3.8) is 0 Å². The molecular weight excluding hydrogens is 312 g/mol. The minimum absolute atomic E-state index is 0.0631. The molecule has 0 atom stereocenters. The van der Waals surface area contributed by atoms with Crippen molar-refractivity contribution in [3.05, 3.63) is 0 Å². The maximum atomic E-state index is 11.5. The summed E-state index contributed by atoms with van der Waals surface area (Å²) in [4.78, 5) is 0. The predicted octanol–water partition coefficient (Wildman–Crippen LogP) is 0.138. The van der Waals surface area contributed by atoms with Crippen LogP contribution in [-0.2, 0) is 28.8 Å². The van der Waals surface area contributed by atoms with Crippen molar-refractivity contribution in [1.29, 1.82) is 0 Å². The van der Waals surface area contributed by atoms with Crippen molar-refractivity contribution < 1.29 is 51.7 Å². The Bertz CT molecular complexity index is 414. The van der Waals surface area contributed by atoms with E-state index < -0.39 is 31.3 Å². The molecule has 0 spiro atoms. The molecule has 17 heavy (non-hydrogen) atoms. The van der Waals surface area contributed by atoms with Gasteiger partial charge in [-0.25, -0.2) is 0 Å². The molecule has 0 aliphatic rings. The molecule has 0 aromatic rings. The van der Waals surface area contributed by atoms with Crippen molar-refractivity contribution in [1.82, 2.24) is 5.64 Å². The number of hydrogen-bond donors (Lipinski definition) is 1. The van der Waals surface area contributed by atoms with Crippen LogP contribution >= 0.6 is 0 Å². The average molecular weight is 313 g/mol. The Morgan fingerprint density at radius 1 is 0.706 bits per heavy atom. The minimum atomic E-state index is -6.33. The van der Waals surface area contributed by atoms with Crippen molar-refractivity contribution in [2.45, 2.75) is 11.0 Å². The summed E-state index contributed by atoms with van der Waals surface area (Å²) in [6.07, 6.45) is 0. The number of nitrogens with one attached hydrogen (secondary N) is 1. The molecule has 0 bridgehead atoms. The van der Waals surface area contributed by atoms with Gasteiger partial charge in [-0.15, -0.1) is 8.57 Å². The van der Waals surface area contributed by atoms with Crippen LogP contribution in [0.25, 0.3) is 0 Å². The SMILES string of the molecule is O=S(=O)(ONOS(=O)(=O)C(F)(F)F)C(F)(F)F. The fraction of sp³-hybridized carbons (Fsp3) is 1.00. The van der Waals surface area contributed by atoms with Gasteiger partial charge in [-0.1, -0.05) is 0 Å². The Hall–Kier alpha value is -0.640. The molecule has 0 rings (SSSR count). The topological polar surface area (TPSA) is 98.8 Å². The van der Waals surface area contributed by atoms with Gasteiger partial charge in [-0.05, 0) is 5.64 Å². The maximum Gasteiger partial charge on any atom is 0.524 e. The highest BCUT2D eigenvalue weighted by Crippen LogP contribution is 2.25. The predicted molar refractivity (Wildman–Crippen MR) is 35.3 cm³/mol. The Morgan fingerprint density at radius 3 is 1.12 bits per heavy atom. The summed E-state index contributed by atoms with van der Waals surface area (Å²) in [5.41, 5.74) is -11.9. The summed E-state index contributed by atoms with van der Waals surface area (Å²) in [6, 6.07) is 0. The highest BCUT2D eigenvalue weighted by molar-refractivity contribution is 7.88. The molecule has 0 aliphatic heterocycles. The van der Waals surface area contributed by atoms with Crippen LogP contribution in [0, 0.1) is 0 Å². The fourth-order valence-electron chi connectivity index (χ4n) is 0.198. The first-order valence-corrected chi connectivity index (χ1v) is 5.77. The van der Waals surface area contributed by atoms with Gasteiger partial charge in [0.05, 0.1) is 0 Å². The molecular formula is C2HF6NO6S2. The molecule has 0 saturated heterocycles. The quantitative estimate of drug-likeness (QED) is 0.448. The van der Waals surface area contributed by atoms with Crippen LogP contribution in [0.4, 0.5) is 26.3 Å². The highest BCUT2D eigenvalue weighted by Gasteiger charge is 2.50. The lowest BCUT2D eigenvalue weighted by Gasteiger charge is -2.09. The first kappa shape index (κ1) is 16.4. The van der Waals surface area contributed by atoms with E-state index in [9.17, 15) is 43.2 Å². The van der Waals surface area contributed by atoms with E-state index >= 15 is 0 Å². The Morgan fingerprint density at radius 2 is 0.941 bits per heavy atom. The third-order valence-corrected chi connectivity index (χ3v) is 2.56. The zero-order chi connectivity index (χ0) is 14.1. The molecule has 0 amide bonds. The van der Waals surface area contributed by atoms with Crippen molar-refractivity contribution in [3.8, 4) is 0 Å².